The van der Waals surface area contributed by atoms with Gasteiger partial charge in [0, 0.05) is 42.7 Å². The van der Waals surface area contributed by atoms with Crippen LogP contribution >= 0.6 is 0 Å². The van der Waals surface area contributed by atoms with Crippen molar-refractivity contribution in [2.45, 2.75) is 144 Å². The van der Waals surface area contributed by atoms with Crippen LogP contribution in [0, 0.1) is 28.6 Å². The van der Waals surface area contributed by atoms with Crippen molar-refractivity contribution in [3.8, 4) is 0 Å². The Morgan fingerprint density at radius 1 is 0.754 bits per heavy atom. The monoisotopic (exact) mass is 822 g/mol. The lowest BCUT2D eigenvalue weighted by Gasteiger charge is -2.41. The predicted octanol–water partition coefficient (Wildman–Crippen LogP) is -1.25. The third kappa shape index (κ3) is 17.7. The van der Waals surface area contributed by atoms with E-state index < -0.39 is 59.2 Å². The van der Waals surface area contributed by atoms with Crippen LogP contribution in [0.5, 0.6) is 0 Å². The van der Waals surface area contributed by atoms with Crippen LogP contribution in [0.1, 0.15) is 113 Å². The Morgan fingerprint density at radius 3 is 1.89 bits per heavy atom. The molecule has 1 fully saturated rings. The Kier molecular flexibility index (Phi) is 21.8. The maximum absolute atomic E-state index is 13.9. The molecule has 0 aromatic heterocycles. The zero-order valence-electron chi connectivity index (χ0n) is 35.8. The average Bonchev–Trinajstić information content (AvgIpc) is 3.11. The van der Waals surface area contributed by atoms with Gasteiger partial charge in [-0.1, -0.05) is 85.7 Å². The fourth-order valence-corrected chi connectivity index (χ4v) is 7.48. The molecule has 0 heterocycles. The number of halogens is 1. The van der Waals surface area contributed by atoms with Crippen molar-refractivity contribution in [2.75, 3.05) is 19.6 Å². The molecule has 0 saturated heterocycles. The number of carbonyl (C=O) groups is 6. The van der Waals surface area contributed by atoms with Gasteiger partial charge in [-0.15, -0.1) is 0 Å². The van der Waals surface area contributed by atoms with Crippen molar-refractivity contribution in [1.82, 2.24) is 31.9 Å². The number of quaternary nitrogens is 1. The summed E-state index contributed by atoms with van der Waals surface area (Å²) in [5, 5.41) is 26.6. The Balaban J connectivity index is 0.0000162. The lowest BCUT2D eigenvalue weighted by atomic mass is 9.64. The highest BCUT2D eigenvalue weighted by molar-refractivity contribution is 5.95. The molecule has 3 unspecified atom stereocenters. The largest absolute Gasteiger partial charge is 1.00 e. The van der Waals surface area contributed by atoms with Crippen LogP contribution in [0.4, 0.5) is 0 Å². The second-order valence-corrected chi connectivity index (χ2v) is 17.7. The zero-order valence-corrected chi connectivity index (χ0v) is 36.5. The van der Waals surface area contributed by atoms with E-state index in [-0.39, 0.29) is 73.9 Å². The number of amides is 6. The molecule has 1 aromatic rings. The Bertz CT molecular complexity index is 1450. The van der Waals surface area contributed by atoms with E-state index in [2.05, 4.69) is 37.6 Å². The molecule has 2 rings (SSSR count). The predicted molar refractivity (Wildman–Crippen MR) is 216 cm³/mol. The maximum Gasteiger partial charge on any atom is 0.243 e. The molecule has 1 aliphatic rings. The minimum atomic E-state index is -1.08. The van der Waals surface area contributed by atoms with Crippen LogP contribution < -0.4 is 50.0 Å². The SMILES string of the molecule is CC(C)C[C@H](NC(=O)[C@H](Cc1ccccc1)NC(=O)CNC(=O)C(C)(CC(C)(CC(C)C)C(=O)NCC(C)O)C(C)C)C(=O)NCC(=O)NC1CCC([NH3+])CC1.[Cl-]. The van der Waals surface area contributed by atoms with Crippen LogP contribution in [0.2, 0.25) is 0 Å². The summed E-state index contributed by atoms with van der Waals surface area (Å²) < 4.78 is 0. The summed E-state index contributed by atoms with van der Waals surface area (Å²) in [4.78, 5) is 80.7. The Hall–Kier alpha value is -3.75. The van der Waals surface area contributed by atoms with Gasteiger partial charge in [-0.25, -0.2) is 0 Å². The van der Waals surface area contributed by atoms with Crippen molar-refractivity contribution in [1.29, 1.82) is 0 Å². The first-order chi connectivity index (χ1) is 26.1. The summed E-state index contributed by atoms with van der Waals surface area (Å²) >= 11 is 0. The number of aliphatic hydroxyl groups excluding tert-OH is 1. The topological polar surface area (TPSA) is 222 Å². The van der Waals surface area contributed by atoms with Crippen LogP contribution in [-0.2, 0) is 35.2 Å². The van der Waals surface area contributed by atoms with E-state index in [0.29, 0.717) is 18.9 Å². The standard InChI is InChI=1S/C42H71N7O7.ClH/c1-26(2)19-33(37(53)44-23-35(51)47-32-17-15-31(43)16-18-32)49-38(54)34(20-30-13-11-10-12-14-30)48-36(52)24-46-40(56)42(9,28(5)6)25-41(8,21-27(3)4)39(55)45-22-29(7)50;/h10-14,26-29,31-34,50H,15-25,43H2,1-9H3,(H,44,53)(H,45,55)(H,46,56)(H,47,51)(H,48,52)(H,49,54);1H/t29?,31?,32?,33-,34-,41?,42?;/m0./s1. The van der Waals surface area contributed by atoms with E-state index in [1.165, 1.54) is 0 Å². The van der Waals surface area contributed by atoms with Crippen LogP contribution in [0.3, 0.4) is 0 Å². The fourth-order valence-electron chi connectivity index (χ4n) is 7.48. The number of nitrogens with one attached hydrogen (secondary N) is 6. The first-order valence-electron chi connectivity index (χ1n) is 20.4. The van der Waals surface area contributed by atoms with Gasteiger partial charge in [0.25, 0.3) is 0 Å². The normalized spacial score (nSPS) is 19.1. The number of rotatable bonds is 22. The number of hydrogen-bond donors (Lipinski definition) is 8. The molecule has 0 bridgehead atoms. The van der Waals surface area contributed by atoms with Gasteiger partial charge in [0.1, 0.15) is 12.1 Å². The highest BCUT2D eigenvalue weighted by atomic mass is 35.5. The summed E-state index contributed by atoms with van der Waals surface area (Å²) in [5.74, 6) is -2.67. The number of carbonyl (C=O) groups excluding carboxylic acids is 6. The van der Waals surface area contributed by atoms with Crippen LogP contribution in [-0.4, -0.2) is 90.5 Å². The summed E-state index contributed by atoms with van der Waals surface area (Å²) in [5.41, 5.74) is 2.88. The molecule has 14 nitrogen and oxygen atoms in total. The molecule has 0 radical (unpaired) electrons. The number of benzene rings is 1. The van der Waals surface area contributed by atoms with Crippen molar-refractivity contribution in [3.63, 3.8) is 0 Å². The van der Waals surface area contributed by atoms with E-state index in [9.17, 15) is 33.9 Å². The maximum atomic E-state index is 13.9. The lowest BCUT2D eigenvalue weighted by molar-refractivity contribution is -0.425. The summed E-state index contributed by atoms with van der Waals surface area (Å²) in [6.07, 6.45) is 3.97. The lowest BCUT2D eigenvalue weighted by Crippen LogP contribution is -3.00. The van der Waals surface area contributed by atoms with E-state index >= 15 is 0 Å². The molecule has 5 atom stereocenters. The van der Waals surface area contributed by atoms with Crippen molar-refractivity contribution in [2.24, 2.45) is 28.6 Å². The first-order valence-corrected chi connectivity index (χ1v) is 20.4. The average molecular weight is 823 g/mol. The summed E-state index contributed by atoms with van der Waals surface area (Å²) in [7, 11) is 0. The second-order valence-electron chi connectivity index (χ2n) is 17.7. The van der Waals surface area contributed by atoms with Gasteiger partial charge in [0.15, 0.2) is 0 Å². The van der Waals surface area contributed by atoms with Crippen molar-refractivity contribution in [3.05, 3.63) is 35.9 Å². The summed E-state index contributed by atoms with van der Waals surface area (Å²) in [6.45, 7) is 16.3. The van der Waals surface area contributed by atoms with Gasteiger partial charge in [-0.2, -0.15) is 0 Å². The molecule has 57 heavy (non-hydrogen) atoms. The number of hydrogen-bond acceptors (Lipinski definition) is 7. The molecule has 0 spiro atoms. The van der Waals surface area contributed by atoms with Crippen LogP contribution in [0.25, 0.3) is 0 Å². The molecule has 1 aromatic carbocycles. The van der Waals surface area contributed by atoms with Crippen molar-refractivity contribution < 1.29 is 52.0 Å². The van der Waals surface area contributed by atoms with Gasteiger partial charge in [-0.3, -0.25) is 28.8 Å². The smallest absolute Gasteiger partial charge is 0.243 e. The van der Waals surface area contributed by atoms with E-state index in [0.717, 1.165) is 31.2 Å². The summed E-state index contributed by atoms with van der Waals surface area (Å²) in [6, 6.07) is 7.53. The Labute approximate surface area is 346 Å². The molecule has 1 saturated carbocycles. The van der Waals surface area contributed by atoms with Crippen molar-refractivity contribution >= 4 is 35.4 Å². The zero-order chi connectivity index (χ0) is 42.2. The van der Waals surface area contributed by atoms with E-state index in [1.807, 2.05) is 78.8 Å². The highest BCUT2D eigenvalue weighted by Crippen LogP contribution is 2.43. The third-order valence-corrected chi connectivity index (χ3v) is 10.8. The molecule has 6 amide bonds. The van der Waals surface area contributed by atoms with Gasteiger partial charge in [0.05, 0.1) is 25.2 Å². The van der Waals surface area contributed by atoms with Gasteiger partial charge >= 0.3 is 0 Å². The van der Waals surface area contributed by atoms with Crippen LogP contribution in [0.15, 0.2) is 30.3 Å². The molecular formula is C42H72ClN7O7. The molecule has 15 heteroatoms. The first kappa shape index (κ1) is 51.3. The molecule has 1 aliphatic carbocycles. The van der Waals surface area contributed by atoms with Gasteiger partial charge in [0.2, 0.25) is 35.4 Å². The minimum absolute atomic E-state index is 0. The molecular weight excluding hydrogens is 750 g/mol. The third-order valence-electron chi connectivity index (χ3n) is 10.8. The molecule has 324 valence electrons. The highest BCUT2D eigenvalue weighted by Gasteiger charge is 2.46. The van der Waals surface area contributed by atoms with Gasteiger partial charge < -0.3 is 55.1 Å². The quantitative estimate of drug-likeness (QED) is 0.0710. The second kappa shape index (κ2) is 24.2. The minimum Gasteiger partial charge on any atom is -1.00 e. The van der Waals surface area contributed by atoms with Gasteiger partial charge in [-0.05, 0) is 62.3 Å². The molecule has 10 N–H and O–H groups in total. The van der Waals surface area contributed by atoms with E-state index in [1.54, 1.807) is 13.8 Å². The fraction of sp³-hybridized carbons (Fsp3) is 0.714. The molecule has 0 aliphatic heterocycles. The van der Waals surface area contributed by atoms with E-state index in [4.69, 9.17) is 0 Å². The number of aliphatic hydroxyl groups is 1. The Morgan fingerprint density at radius 2 is 1.35 bits per heavy atom.